The Hall–Kier alpha value is -0.500. The van der Waals surface area contributed by atoms with Gasteiger partial charge in [0.1, 0.15) is 0 Å². The van der Waals surface area contributed by atoms with Crippen LogP contribution in [0.3, 0.4) is 0 Å². The Kier molecular flexibility index (Phi) is 3.68. The van der Waals surface area contributed by atoms with Crippen molar-refractivity contribution in [1.29, 1.82) is 0 Å². The zero-order valence-corrected chi connectivity index (χ0v) is 10.1. The first-order valence-electron chi connectivity index (χ1n) is 5.94. The lowest BCUT2D eigenvalue weighted by Gasteiger charge is -2.08. The molecule has 1 heterocycles. The molecule has 1 fully saturated rings. The Bertz CT molecular complexity index is 300. The molecule has 0 saturated heterocycles. The maximum absolute atomic E-state index is 5.93. The predicted molar refractivity (Wildman–Crippen MR) is 63.4 cm³/mol. The second-order valence-corrected chi connectivity index (χ2v) is 5.29. The molecule has 1 saturated carbocycles. The normalized spacial score (nSPS) is 19.6. The van der Waals surface area contributed by atoms with Crippen molar-refractivity contribution in [3.63, 3.8) is 0 Å². The van der Waals surface area contributed by atoms with Crippen molar-refractivity contribution in [2.75, 3.05) is 0 Å². The van der Waals surface area contributed by atoms with E-state index in [9.17, 15) is 0 Å². The van der Waals surface area contributed by atoms with Gasteiger partial charge in [0.2, 0.25) is 0 Å². The molecule has 15 heavy (non-hydrogen) atoms. The highest BCUT2D eigenvalue weighted by atomic mass is 35.5. The molecule has 1 aromatic heterocycles. The molecule has 1 aliphatic rings. The van der Waals surface area contributed by atoms with Gasteiger partial charge in [-0.15, -0.1) is 11.6 Å². The number of hydrogen-bond acceptors (Lipinski definition) is 1. The highest BCUT2D eigenvalue weighted by Gasteiger charge is 2.17. The van der Waals surface area contributed by atoms with Crippen LogP contribution in [0.2, 0.25) is 0 Å². The van der Waals surface area contributed by atoms with Crippen LogP contribution in [0.1, 0.15) is 50.8 Å². The van der Waals surface area contributed by atoms with Crippen LogP contribution in [0.4, 0.5) is 0 Å². The minimum Gasteiger partial charge on any atom is -0.269 e. The standard InChI is InChI=1S/C12H19ClN2/c1-10(13)6-7-11-8-9-15(14-11)12-4-2-3-5-12/h8-10,12H,2-7H2,1H3. The maximum atomic E-state index is 5.93. The van der Waals surface area contributed by atoms with Crippen molar-refractivity contribution in [3.05, 3.63) is 18.0 Å². The molecule has 2 nitrogen and oxygen atoms in total. The maximum Gasteiger partial charge on any atom is 0.0625 e. The zero-order chi connectivity index (χ0) is 10.7. The van der Waals surface area contributed by atoms with Gasteiger partial charge in [-0.3, -0.25) is 4.68 Å². The van der Waals surface area contributed by atoms with Crippen LogP contribution in [-0.2, 0) is 6.42 Å². The van der Waals surface area contributed by atoms with Gasteiger partial charge < -0.3 is 0 Å². The smallest absolute Gasteiger partial charge is 0.0625 e. The summed E-state index contributed by atoms with van der Waals surface area (Å²) < 4.78 is 2.15. The van der Waals surface area contributed by atoms with Crippen LogP contribution >= 0.6 is 11.6 Å². The molecule has 0 aliphatic heterocycles. The Balaban J connectivity index is 1.91. The summed E-state index contributed by atoms with van der Waals surface area (Å²) in [6.45, 7) is 2.04. The van der Waals surface area contributed by atoms with Crippen LogP contribution in [-0.4, -0.2) is 15.2 Å². The first kappa shape index (κ1) is 11.0. The van der Waals surface area contributed by atoms with Gasteiger partial charge in [-0.1, -0.05) is 12.8 Å². The van der Waals surface area contributed by atoms with Gasteiger partial charge in [0, 0.05) is 11.6 Å². The van der Waals surface area contributed by atoms with Crippen molar-refractivity contribution in [1.82, 2.24) is 9.78 Å². The highest BCUT2D eigenvalue weighted by molar-refractivity contribution is 6.20. The first-order chi connectivity index (χ1) is 7.25. The SMILES string of the molecule is CC(Cl)CCc1ccn(C2CCCC2)n1. The van der Waals surface area contributed by atoms with Gasteiger partial charge in [0.05, 0.1) is 11.7 Å². The Morgan fingerprint density at radius 2 is 2.27 bits per heavy atom. The van der Waals surface area contributed by atoms with E-state index in [1.54, 1.807) is 0 Å². The van der Waals surface area contributed by atoms with Crippen molar-refractivity contribution >= 4 is 11.6 Å². The fraction of sp³-hybridized carbons (Fsp3) is 0.750. The minimum atomic E-state index is 0.252. The van der Waals surface area contributed by atoms with Crippen molar-refractivity contribution in [2.24, 2.45) is 0 Å². The summed E-state index contributed by atoms with van der Waals surface area (Å²) in [6, 6.07) is 2.80. The topological polar surface area (TPSA) is 17.8 Å². The van der Waals surface area contributed by atoms with Gasteiger partial charge in [-0.25, -0.2) is 0 Å². The minimum absolute atomic E-state index is 0.252. The third kappa shape index (κ3) is 2.97. The summed E-state index contributed by atoms with van der Waals surface area (Å²) in [7, 11) is 0. The third-order valence-electron chi connectivity index (χ3n) is 3.16. The lowest BCUT2D eigenvalue weighted by molar-refractivity contribution is 0.462. The lowest BCUT2D eigenvalue weighted by Crippen LogP contribution is -2.06. The van der Waals surface area contributed by atoms with Crippen LogP contribution in [0.25, 0.3) is 0 Å². The summed E-state index contributed by atoms with van der Waals surface area (Å²) in [5.74, 6) is 0. The van der Waals surface area contributed by atoms with Gasteiger partial charge >= 0.3 is 0 Å². The number of rotatable bonds is 4. The number of halogens is 1. The van der Waals surface area contributed by atoms with E-state index in [2.05, 4.69) is 22.0 Å². The van der Waals surface area contributed by atoms with Crippen LogP contribution in [0, 0.1) is 0 Å². The van der Waals surface area contributed by atoms with Crippen LogP contribution in [0.5, 0.6) is 0 Å². The molecule has 0 bridgehead atoms. The van der Waals surface area contributed by atoms with Gasteiger partial charge in [-0.05, 0) is 38.7 Å². The highest BCUT2D eigenvalue weighted by Crippen LogP contribution is 2.28. The summed E-state index contributed by atoms with van der Waals surface area (Å²) in [6.07, 6.45) is 9.47. The second kappa shape index (κ2) is 5.02. The molecule has 0 spiro atoms. The third-order valence-corrected chi connectivity index (χ3v) is 3.38. The van der Waals surface area contributed by atoms with E-state index < -0.39 is 0 Å². The fourth-order valence-electron chi connectivity index (χ4n) is 2.23. The fourth-order valence-corrected chi connectivity index (χ4v) is 2.34. The predicted octanol–water partition coefficient (Wildman–Crippen LogP) is 3.56. The van der Waals surface area contributed by atoms with E-state index in [1.165, 1.54) is 31.4 Å². The van der Waals surface area contributed by atoms with Crippen LogP contribution in [0.15, 0.2) is 12.3 Å². The molecule has 1 unspecified atom stereocenters. The van der Waals surface area contributed by atoms with E-state index in [0.717, 1.165) is 12.8 Å². The number of aryl methyl sites for hydroxylation is 1. The Morgan fingerprint density at radius 1 is 1.53 bits per heavy atom. The van der Waals surface area contributed by atoms with Gasteiger partial charge in [0.25, 0.3) is 0 Å². The molecule has 3 heteroatoms. The van der Waals surface area contributed by atoms with E-state index >= 15 is 0 Å². The average Bonchev–Trinajstić information content (AvgIpc) is 2.85. The summed E-state index contributed by atoms with van der Waals surface area (Å²) >= 11 is 5.93. The largest absolute Gasteiger partial charge is 0.269 e. The molecule has 0 N–H and O–H groups in total. The van der Waals surface area contributed by atoms with E-state index in [4.69, 9.17) is 11.6 Å². The van der Waals surface area contributed by atoms with Gasteiger partial charge in [0.15, 0.2) is 0 Å². The number of alkyl halides is 1. The zero-order valence-electron chi connectivity index (χ0n) is 9.32. The molecule has 1 aliphatic carbocycles. The van der Waals surface area contributed by atoms with Crippen molar-refractivity contribution in [2.45, 2.75) is 56.9 Å². The molecule has 1 atom stereocenters. The summed E-state index contributed by atoms with van der Waals surface area (Å²) in [4.78, 5) is 0. The molecule has 2 rings (SSSR count). The molecule has 0 aromatic carbocycles. The van der Waals surface area contributed by atoms with Gasteiger partial charge in [-0.2, -0.15) is 5.10 Å². The van der Waals surface area contributed by atoms with E-state index in [-0.39, 0.29) is 5.38 Å². The molecule has 84 valence electrons. The molecular formula is C12H19ClN2. The van der Waals surface area contributed by atoms with Crippen molar-refractivity contribution in [3.8, 4) is 0 Å². The summed E-state index contributed by atoms with van der Waals surface area (Å²) in [5, 5.41) is 4.87. The number of nitrogens with zero attached hydrogens (tertiary/aromatic N) is 2. The summed E-state index contributed by atoms with van der Waals surface area (Å²) in [5.41, 5.74) is 1.19. The van der Waals surface area contributed by atoms with E-state index in [0.29, 0.717) is 6.04 Å². The van der Waals surface area contributed by atoms with Crippen LogP contribution < -0.4 is 0 Å². The lowest BCUT2D eigenvalue weighted by atomic mass is 10.2. The van der Waals surface area contributed by atoms with Crippen molar-refractivity contribution < 1.29 is 0 Å². The molecular weight excluding hydrogens is 208 g/mol. The first-order valence-corrected chi connectivity index (χ1v) is 6.37. The average molecular weight is 227 g/mol. The Morgan fingerprint density at radius 3 is 2.93 bits per heavy atom. The molecule has 1 aromatic rings. The van der Waals surface area contributed by atoms with E-state index in [1.807, 2.05) is 6.92 Å². The molecule has 0 amide bonds. The number of hydrogen-bond donors (Lipinski definition) is 0. The Labute approximate surface area is 96.6 Å². The second-order valence-electron chi connectivity index (χ2n) is 4.54. The monoisotopic (exact) mass is 226 g/mol. The molecule has 0 radical (unpaired) electrons. The quantitative estimate of drug-likeness (QED) is 0.718. The number of aromatic nitrogens is 2.